The largest absolute Gasteiger partial charge is 0.289 e. The number of hydrogen-bond acceptors (Lipinski definition) is 2. The molecule has 0 unspecified atom stereocenters. The van der Waals surface area contributed by atoms with Crippen molar-refractivity contribution in [2.45, 2.75) is 13.5 Å². The molecule has 0 aliphatic rings. The van der Waals surface area contributed by atoms with E-state index in [1.54, 1.807) is 6.07 Å². The molecule has 0 fully saturated rings. The van der Waals surface area contributed by atoms with Crippen LogP contribution in [0.5, 0.6) is 0 Å². The molecule has 0 aromatic heterocycles. The average molecular weight is 192 g/mol. The average Bonchev–Trinajstić information content (AvgIpc) is 2.12. The van der Waals surface area contributed by atoms with Crippen molar-refractivity contribution in [3.63, 3.8) is 0 Å². The summed E-state index contributed by atoms with van der Waals surface area (Å²) in [6.45, 7) is 2.90. The van der Waals surface area contributed by atoms with E-state index in [1.807, 2.05) is 18.9 Å². The Bertz CT molecular complexity index is 355. The van der Waals surface area contributed by atoms with Crippen LogP contribution >= 0.6 is 0 Å². The molecule has 0 saturated carbocycles. The molecular weight excluding hydrogens is 179 g/mol. The molecule has 3 heteroatoms. The molecule has 0 N–H and O–H groups in total. The van der Waals surface area contributed by atoms with E-state index in [0.29, 0.717) is 13.1 Å². The molecule has 0 bridgehead atoms. The zero-order valence-corrected chi connectivity index (χ0v) is 8.42. The maximum atomic E-state index is 12.9. The molecular formula is C11H13FN2. The molecule has 0 aliphatic carbocycles. The summed E-state index contributed by atoms with van der Waals surface area (Å²) in [5.74, 6) is -0.226. The van der Waals surface area contributed by atoms with Gasteiger partial charge in [0.05, 0.1) is 12.6 Å². The van der Waals surface area contributed by atoms with Crippen LogP contribution in [0.3, 0.4) is 0 Å². The van der Waals surface area contributed by atoms with E-state index in [4.69, 9.17) is 5.26 Å². The minimum absolute atomic E-state index is 0.226. The molecule has 0 amide bonds. The lowest BCUT2D eigenvalue weighted by Crippen LogP contribution is -2.18. The third kappa shape index (κ3) is 2.82. The SMILES string of the molecule is Cc1ccc(F)cc1CN(C)CC#N. The monoisotopic (exact) mass is 192 g/mol. The van der Waals surface area contributed by atoms with Crippen LogP contribution in [0, 0.1) is 24.1 Å². The maximum Gasteiger partial charge on any atom is 0.123 e. The summed E-state index contributed by atoms with van der Waals surface area (Å²) in [6.07, 6.45) is 0. The van der Waals surface area contributed by atoms with E-state index in [1.165, 1.54) is 12.1 Å². The zero-order chi connectivity index (χ0) is 10.6. The van der Waals surface area contributed by atoms with Gasteiger partial charge in [-0.05, 0) is 37.2 Å². The second kappa shape index (κ2) is 4.73. The van der Waals surface area contributed by atoms with E-state index in [2.05, 4.69) is 6.07 Å². The first-order valence-corrected chi connectivity index (χ1v) is 4.44. The molecule has 0 atom stereocenters. The Labute approximate surface area is 83.6 Å². The summed E-state index contributed by atoms with van der Waals surface area (Å²) in [5, 5.41) is 8.47. The van der Waals surface area contributed by atoms with Crippen LogP contribution in [0.25, 0.3) is 0 Å². The third-order valence-electron chi connectivity index (χ3n) is 2.09. The first-order valence-electron chi connectivity index (χ1n) is 4.44. The topological polar surface area (TPSA) is 27.0 Å². The Morgan fingerprint density at radius 3 is 2.86 bits per heavy atom. The number of rotatable bonds is 3. The Balaban J connectivity index is 2.76. The highest BCUT2D eigenvalue weighted by atomic mass is 19.1. The summed E-state index contributed by atoms with van der Waals surface area (Å²) < 4.78 is 12.9. The molecule has 1 aromatic rings. The van der Waals surface area contributed by atoms with E-state index in [-0.39, 0.29) is 5.82 Å². The van der Waals surface area contributed by atoms with E-state index in [9.17, 15) is 4.39 Å². The smallest absolute Gasteiger partial charge is 0.123 e. The molecule has 1 aromatic carbocycles. The molecule has 0 spiro atoms. The van der Waals surface area contributed by atoms with Crippen LogP contribution < -0.4 is 0 Å². The molecule has 0 saturated heterocycles. The van der Waals surface area contributed by atoms with Crippen molar-refractivity contribution < 1.29 is 4.39 Å². The fourth-order valence-electron chi connectivity index (χ4n) is 1.28. The van der Waals surface area contributed by atoms with Crippen LogP contribution in [-0.2, 0) is 6.54 Å². The van der Waals surface area contributed by atoms with Crippen LogP contribution in [-0.4, -0.2) is 18.5 Å². The van der Waals surface area contributed by atoms with Gasteiger partial charge in [-0.15, -0.1) is 0 Å². The Morgan fingerprint density at radius 2 is 2.21 bits per heavy atom. The Kier molecular flexibility index (Phi) is 3.61. The number of hydrogen-bond donors (Lipinski definition) is 0. The van der Waals surface area contributed by atoms with Gasteiger partial charge in [0.1, 0.15) is 5.82 Å². The van der Waals surface area contributed by atoms with Gasteiger partial charge in [0, 0.05) is 6.54 Å². The van der Waals surface area contributed by atoms with Gasteiger partial charge in [-0.1, -0.05) is 6.07 Å². The fourth-order valence-corrected chi connectivity index (χ4v) is 1.28. The molecule has 0 heterocycles. The second-order valence-electron chi connectivity index (χ2n) is 3.40. The lowest BCUT2D eigenvalue weighted by molar-refractivity contribution is 0.366. The van der Waals surface area contributed by atoms with Gasteiger partial charge in [-0.25, -0.2) is 4.39 Å². The summed E-state index contributed by atoms with van der Waals surface area (Å²) in [6, 6.07) is 6.77. The quantitative estimate of drug-likeness (QED) is 0.686. The highest BCUT2D eigenvalue weighted by molar-refractivity contribution is 5.26. The van der Waals surface area contributed by atoms with Crippen LogP contribution in [0.1, 0.15) is 11.1 Å². The van der Waals surface area contributed by atoms with Crippen LogP contribution in [0.15, 0.2) is 18.2 Å². The minimum atomic E-state index is -0.226. The lowest BCUT2D eigenvalue weighted by Gasteiger charge is -2.14. The lowest BCUT2D eigenvalue weighted by atomic mass is 10.1. The minimum Gasteiger partial charge on any atom is -0.289 e. The van der Waals surface area contributed by atoms with Crippen molar-refractivity contribution in [3.8, 4) is 6.07 Å². The maximum absolute atomic E-state index is 12.9. The predicted molar refractivity (Wildman–Crippen MR) is 53.1 cm³/mol. The van der Waals surface area contributed by atoms with E-state index >= 15 is 0 Å². The normalized spacial score (nSPS) is 10.2. The van der Waals surface area contributed by atoms with Gasteiger partial charge in [-0.2, -0.15) is 5.26 Å². The molecule has 1 rings (SSSR count). The van der Waals surface area contributed by atoms with Crippen molar-refractivity contribution in [2.75, 3.05) is 13.6 Å². The second-order valence-corrected chi connectivity index (χ2v) is 3.40. The van der Waals surface area contributed by atoms with Crippen molar-refractivity contribution >= 4 is 0 Å². The van der Waals surface area contributed by atoms with Crippen molar-refractivity contribution in [2.24, 2.45) is 0 Å². The fraction of sp³-hybridized carbons (Fsp3) is 0.364. The van der Waals surface area contributed by atoms with Gasteiger partial charge < -0.3 is 0 Å². The molecule has 74 valence electrons. The van der Waals surface area contributed by atoms with Crippen molar-refractivity contribution in [3.05, 3.63) is 35.1 Å². The van der Waals surface area contributed by atoms with Gasteiger partial charge in [0.25, 0.3) is 0 Å². The highest BCUT2D eigenvalue weighted by Crippen LogP contribution is 2.11. The molecule has 0 radical (unpaired) electrons. The number of nitriles is 1. The van der Waals surface area contributed by atoms with Crippen molar-refractivity contribution in [1.29, 1.82) is 5.26 Å². The number of aryl methyl sites for hydroxylation is 1. The predicted octanol–water partition coefficient (Wildman–Crippen LogP) is 2.09. The Morgan fingerprint density at radius 1 is 1.50 bits per heavy atom. The summed E-state index contributed by atoms with van der Waals surface area (Å²) in [5.41, 5.74) is 1.99. The number of halogens is 1. The van der Waals surface area contributed by atoms with Gasteiger partial charge in [0.15, 0.2) is 0 Å². The standard InChI is InChI=1S/C11H13FN2/c1-9-3-4-11(12)7-10(9)8-14(2)6-5-13/h3-4,7H,6,8H2,1-2H3. The number of benzene rings is 1. The number of nitrogens with zero attached hydrogens (tertiary/aromatic N) is 2. The summed E-state index contributed by atoms with van der Waals surface area (Å²) >= 11 is 0. The van der Waals surface area contributed by atoms with Gasteiger partial charge >= 0.3 is 0 Å². The van der Waals surface area contributed by atoms with Gasteiger partial charge in [0.2, 0.25) is 0 Å². The van der Waals surface area contributed by atoms with Crippen LogP contribution in [0.2, 0.25) is 0 Å². The first-order chi connectivity index (χ1) is 6.63. The summed E-state index contributed by atoms with van der Waals surface area (Å²) in [7, 11) is 1.84. The van der Waals surface area contributed by atoms with E-state index < -0.39 is 0 Å². The first kappa shape index (κ1) is 10.7. The highest BCUT2D eigenvalue weighted by Gasteiger charge is 2.03. The molecule has 14 heavy (non-hydrogen) atoms. The summed E-state index contributed by atoms with van der Waals surface area (Å²) in [4.78, 5) is 1.85. The third-order valence-corrected chi connectivity index (χ3v) is 2.09. The van der Waals surface area contributed by atoms with E-state index in [0.717, 1.165) is 11.1 Å². The molecule has 2 nitrogen and oxygen atoms in total. The zero-order valence-electron chi connectivity index (χ0n) is 8.42. The Hall–Kier alpha value is -1.40. The van der Waals surface area contributed by atoms with Gasteiger partial charge in [-0.3, -0.25) is 4.90 Å². The van der Waals surface area contributed by atoms with Crippen molar-refractivity contribution in [1.82, 2.24) is 4.90 Å². The molecule has 0 aliphatic heterocycles. The van der Waals surface area contributed by atoms with Crippen LogP contribution in [0.4, 0.5) is 4.39 Å².